The van der Waals surface area contributed by atoms with Crippen molar-refractivity contribution in [1.82, 2.24) is 9.88 Å². The van der Waals surface area contributed by atoms with Crippen LogP contribution in [-0.4, -0.2) is 53.8 Å². The second kappa shape index (κ2) is 8.60. The number of carbonyl (C=O) groups excluding carboxylic acids is 1. The first-order valence-electron chi connectivity index (χ1n) is 11.3. The summed E-state index contributed by atoms with van der Waals surface area (Å²) >= 11 is 0. The van der Waals surface area contributed by atoms with E-state index in [0.717, 1.165) is 54.7 Å². The number of likely N-dealkylation sites (tertiary alicyclic amines) is 1. The molecule has 1 amide bonds. The third-order valence-corrected chi connectivity index (χ3v) is 6.50. The fraction of sp³-hybridized carbons (Fsp3) is 0.520. The summed E-state index contributed by atoms with van der Waals surface area (Å²) in [5, 5.41) is 0. The molecule has 0 bridgehead atoms. The zero-order valence-electron chi connectivity index (χ0n) is 18.1. The first kappa shape index (κ1) is 20.5. The summed E-state index contributed by atoms with van der Waals surface area (Å²) in [5.74, 6) is 1.13. The summed E-state index contributed by atoms with van der Waals surface area (Å²) in [4.78, 5) is 19.0. The summed E-state index contributed by atoms with van der Waals surface area (Å²) in [6, 6.07) is 8.26. The highest BCUT2D eigenvalue weighted by atomic mass is 16.5. The molecule has 4 heterocycles. The van der Waals surface area contributed by atoms with Gasteiger partial charge in [0.2, 0.25) is 5.91 Å². The van der Waals surface area contributed by atoms with Gasteiger partial charge in [-0.25, -0.2) is 0 Å². The number of fused-ring (bicyclic) bond motifs is 1. The number of hydrogen-bond donors (Lipinski definition) is 0. The van der Waals surface area contributed by atoms with Crippen LogP contribution >= 0.6 is 0 Å². The summed E-state index contributed by atoms with van der Waals surface area (Å²) in [6.07, 6.45) is 8.11. The van der Waals surface area contributed by atoms with Gasteiger partial charge < -0.3 is 19.1 Å². The van der Waals surface area contributed by atoms with Crippen LogP contribution in [0.2, 0.25) is 0 Å². The molecule has 5 rings (SSSR count). The lowest BCUT2D eigenvalue weighted by molar-refractivity contribution is -0.202. The molecular formula is C25H30N2O4. The molecule has 0 saturated carbocycles. The van der Waals surface area contributed by atoms with E-state index in [9.17, 15) is 4.79 Å². The third kappa shape index (κ3) is 4.60. The molecule has 0 unspecified atom stereocenters. The SMILES string of the molecule is Cc1cncc(CO[C@H]2CCOC3(C2)CN(C(=O)Cc2ccc4c(c2)CCCO4)C3)c1. The maximum atomic E-state index is 12.8. The van der Waals surface area contributed by atoms with Crippen molar-refractivity contribution in [2.75, 3.05) is 26.3 Å². The van der Waals surface area contributed by atoms with Crippen LogP contribution in [0.3, 0.4) is 0 Å². The lowest BCUT2D eigenvalue weighted by atomic mass is 9.84. The van der Waals surface area contributed by atoms with Crippen molar-refractivity contribution >= 4 is 5.91 Å². The van der Waals surface area contributed by atoms with E-state index in [1.807, 2.05) is 36.4 Å². The molecule has 31 heavy (non-hydrogen) atoms. The average molecular weight is 423 g/mol. The Labute approximate surface area is 183 Å². The van der Waals surface area contributed by atoms with Crippen LogP contribution in [0.4, 0.5) is 0 Å². The van der Waals surface area contributed by atoms with Crippen LogP contribution in [-0.2, 0) is 33.7 Å². The monoisotopic (exact) mass is 422 g/mol. The van der Waals surface area contributed by atoms with Crippen molar-refractivity contribution in [3.63, 3.8) is 0 Å². The Morgan fingerprint density at radius 1 is 1.23 bits per heavy atom. The maximum Gasteiger partial charge on any atom is 0.227 e. The summed E-state index contributed by atoms with van der Waals surface area (Å²) in [7, 11) is 0. The molecule has 2 aromatic rings. The van der Waals surface area contributed by atoms with Gasteiger partial charge in [0, 0.05) is 25.4 Å². The van der Waals surface area contributed by atoms with Gasteiger partial charge in [0.15, 0.2) is 0 Å². The van der Waals surface area contributed by atoms with Crippen LogP contribution in [0.25, 0.3) is 0 Å². The Morgan fingerprint density at radius 3 is 3.00 bits per heavy atom. The number of rotatable bonds is 5. The molecule has 1 atom stereocenters. The average Bonchev–Trinajstić information content (AvgIpc) is 2.76. The largest absolute Gasteiger partial charge is 0.493 e. The number of aryl methyl sites for hydroxylation is 2. The van der Waals surface area contributed by atoms with Crippen molar-refractivity contribution in [3.8, 4) is 5.75 Å². The molecule has 0 N–H and O–H groups in total. The molecule has 3 aliphatic rings. The van der Waals surface area contributed by atoms with Crippen LogP contribution in [0.1, 0.15) is 41.5 Å². The zero-order valence-corrected chi connectivity index (χ0v) is 18.1. The lowest BCUT2D eigenvalue weighted by Gasteiger charge is -2.53. The topological polar surface area (TPSA) is 60.9 Å². The second-order valence-electron chi connectivity index (χ2n) is 9.15. The van der Waals surface area contributed by atoms with Crippen LogP contribution in [0.15, 0.2) is 36.7 Å². The predicted molar refractivity (Wildman–Crippen MR) is 116 cm³/mol. The smallest absolute Gasteiger partial charge is 0.227 e. The third-order valence-electron chi connectivity index (χ3n) is 6.50. The van der Waals surface area contributed by atoms with Gasteiger partial charge in [0.05, 0.1) is 38.8 Å². The minimum Gasteiger partial charge on any atom is -0.493 e. The highest BCUT2D eigenvalue weighted by Gasteiger charge is 2.49. The molecule has 3 aliphatic heterocycles. The number of benzene rings is 1. The Hall–Kier alpha value is -2.44. The fourth-order valence-corrected chi connectivity index (χ4v) is 4.89. The van der Waals surface area contributed by atoms with Gasteiger partial charge >= 0.3 is 0 Å². The minimum absolute atomic E-state index is 0.159. The molecule has 2 fully saturated rings. The molecule has 1 spiro atoms. The first-order valence-corrected chi connectivity index (χ1v) is 11.3. The minimum atomic E-state index is -0.243. The molecule has 1 aromatic heterocycles. The normalized spacial score (nSPS) is 21.8. The first-order chi connectivity index (χ1) is 15.1. The van der Waals surface area contributed by atoms with E-state index in [1.54, 1.807) is 0 Å². The zero-order chi connectivity index (χ0) is 21.3. The van der Waals surface area contributed by atoms with Gasteiger partial charge in [-0.2, -0.15) is 0 Å². The van der Waals surface area contributed by atoms with Crippen LogP contribution < -0.4 is 4.74 Å². The van der Waals surface area contributed by atoms with E-state index in [1.165, 1.54) is 5.56 Å². The summed E-state index contributed by atoms with van der Waals surface area (Å²) in [6.45, 7) is 5.40. The number of ether oxygens (including phenoxy) is 3. The van der Waals surface area contributed by atoms with E-state index < -0.39 is 0 Å². The lowest BCUT2D eigenvalue weighted by Crippen LogP contribution is -2.67. The van der Waals surface area contributed by atoms with Crippen LogP contribution in [0.5, 0.6) is 5.75 Å². The predicted octanol–water partition coefficient (Wildman–Crippen LogP) is 3.23. The van der Waals surface area contributed by atoms with Gasteiger partial charge in [-0.1, -0.05) is 18.2 Å². The fourth-order valence-electron chi connectivity index (χ4n) is 4.89. The van der Waals surface area contributed by atoms with Crippen molar-refractivity contribution in [3.05, 3.63) is 58.9 Å². The highest BCUT2D eigenvalue weighted by Crippen LogP contribution is 2.36. The number of carbonyl (C=O) groups is 1. The Kier molecular flexibility index (Phi) is 5.67. The van der Waals surface area contributed by atoms with Crippen molar-refractivity contribution in [2.24, 2.45) is 0 Å². The van der Waals surface area contributed by atoms with E-state index in [4.69, 9.17) is 14.2 Å². The summed E-state index contributed by atoms with van der Waals surface area (Å²) < 4.78 is 17.9. The molecule has 0 radical (unpaired) electrons. The number of amides is 1. The number of nitrogens with zero attached hydrogens (tertiary/aromatic N) is 2. The van der Waals surface area contributed by atoms with E-state index in [2.05, 4.69) is 17.1 Å². The van der Waals surface area contributed by atoms with Gasteiger partial charge in [0.1, 0.15) is 11.4 Å². The Morgan fingerprint density at radius 2 is 2.13 bits per heavy atom. The molecular weight excluding hydrogens is 392 g/mol. The van der Waals surface area contributed by atoms with Gasteiger partial charge in [0.25, 0.3) is 0 Å². The second-order valence-corrected chi connectivity index (χ2v) is 9.15. The quantitative estimate of drug-likeness (QED) is 0.740. The highest BCUT2D eigenvalue weighted by molar-refractivity contribution is 5.80. The molecule has 1 aromatic carbocycles. The van der Waals surface area contributed by atoms with Crippen molar-refractivity contribution in [1.29, 1.82) is 0 Å². The number of pyridine rings is 1. The van der Waals surface area contributed by atoms with Gasteiger partial charge in [-0.15, -0.1) is 0 Å². The van der Waals surface area contributed by atoms with Gasteiger partial charge in [-0.05, 0) is 54.5 Å². The molecule has 0 aliphatic carbocycles. The van der Waals surface area contributed by atoms with Crippen molar-refractivity contribution < 1.29 is 19.0 Å². The molecule has 164 valence electrons. The summed E-state index contributed by atoms with van der Waals surface area (Å²) in [5.41, 5.74) is 4.28. The van der Waals surface area contributed by atoms with Crippen molar-refractivity contribution in [2.45, 2.75) is 57.3 Å². The van der Waals surface area contributed by atoms with E-state index in [-0.39, 0.29) is 17.6 Å². The van der Waals surface area contributed by atoms with E-state index in [0.29, 0.717) is 32.7 Å². The maximum absolute atomic E-state index is 12.8. The van der Waals surface area contributed by atoms with E-state index >= 15 is 0 Å². The standard InChI is InChI=1S/C25H30N2O4/c1-18-9-20(14-26-13-18)15-30-22-6-8-31-25(12-22)16-27(17-25)24(28)11-19-4-5-23-21(10-19)3-2-7-29-23/h4-5,9-10,13-14,22H,2-3,6-8,11-12,15-17H2,1H3/t22-/m0/s1. The van der Waals surface area contributed by atoms with Crippen LogP contribution in [0, 0.1) is 6.92 Å². The molecule has 6 heteroatoms. The molecule has 6 nitrogen and oxygen atoms in total. The van der Waals surface area contributed by atoms with Gasteiger partial charge in [-0.3, -0.25) is 9.78 Å². The Bertz CT molecular complexity index is 954. The number of aromatic nitrogens is 1. The number of hydrogen-bond acceptors (Lipinski definition) is 5. The Balaban J connectivity index is 1.12. The molecule has 2 saturated heterocycles.